The molecular weight excluding hydrogens is 434 g/mol. The molecule has 158 valence electrons. The molecule has 9 heteroatoms. The summed E-state index contributed by atoms with van der Waals surface area (Å²) in [5, 5.41) is 12.1. The zero-order valence-corrected chi connectivity index (χ0v) is 18.6. The lowest BCUT2D eigenvalue weighted by Gasteiger charge is -2.09. The predicted octanol–water partition coefficient (Wildman–Crippen LogP) is 3.56. The number of aromatic nitrogens is 4. The summed E-state index contributed by atoms with van der Waals surface area (Å²) in [7, 11) is 0. The van der Waals surface area contributed by atoms with Gasteiger partial charge in [-0.2, -0.15) is 0 Å². The van der Waals surface area contributed by atoms with E-state index in [1.54, 1.807) is 33.5 Å². The molecule has 0 radical (unpaired) electrons. The van der Waals surface area contributed by atoms with Crippen molar-refractivity contribution in [2.24, 2.45) is 0 Å². The molecule has 4 aromatic rings. The molecule has 1 N–H and O–H groups in total. The van der Waals surface area contributed by atoms with Crippen LogP contribution in [0.5, 0.6) is 0 Å². The summed E-state index contributed by atoms with van der Waals surface area (Å²) in [6, 6.07) is 13.1. The van der Waals surface area contributed by atoms with Gasteiger partial charge in [0.25, 0.3) is 0 Å². The minimum atomic E-state index is -0.266. The Morgan fingerprint density at radius 3 is 2.58 bits per heavy atom. The fourth-order valence-electron chi connectivity index (χ4n) is 3.03. The van der Waals surface area contributed by atoms with Crippen molar-refractivity contribution < 1.29 is 4.79 Å². The number of halogens is 1. The molecule has 0 spiro atoms. The third-order valence-corrected chi connectivity index (χ3v) is 6.14. The van der Waals surface area contributed by atoms with Crippen molar-refractivity contribution in [2.45, 2.75) is 25.5 Å². The second kappa shape index (κ2) is 8.95. The van der Waals surface area contributed by atoms with Crippen molar-refractivity contribution in [1.82, 2.24) is 24.5 Å². The fraction of sp³-hybridized carbons (Fsp3) is 0.182. The Hall–Kier alpha value is -3.10. The van der Waals surface area contributed by atoms with Gasteiger partial charge >= 0.3 is 5.56 Å². The summed E-state index contributed by atoms with van der Waals surface area (Å²) in [6.07, 6.45) is 3.42. The number of hydrogen-bond acceptors (Lipinski definition) is 5. The normalized spacial score (nSPS) is 11.1. The van der Waals surface area contributed by atoms with Crippen LogP contribution in [0.3, 0.4) is 0 Å². The minimum Gasteiger partial charge on any atom is -0.351 e. The number of benzene rings is 2. The van der Waals surface area contributed by atoms with Gasteiger partial charge < -0.3 is 5.32 Å². The van der Waals surface area contributed by atoms with Crippen LogP contribution >= 0.6 is 23.4 Å². The van der Waals surface area contributed by atoms with Crippen molar-refractivity contribution in [3.05, 3.63) is 86.9 Å². The maximum atomic E-state index is 12.9. The minimum absolute atomic E-state index is 0.139. The van der Waals surface area contributed by atoms with E-state index >= 15 is 0 Å². The molecule has 2 aromatic carbocycles. The van der Waals surface area contributed by atoms with Gasteiger partial charge in [-0.25, -0.2) is 0 Å². The van der Waals surface area contributed by atoms with Gasteiger partial charge in [0.05, 0.1) is 5.75 Å². The van der Waals surface area contributed by atoms with Crippen molar-refractivity contribution in [3.63, 3.8) is 0 Å². The highest BCUT2D eigenvalue weighted by atomic mass is 35.5. The lowest BCUT2D eigenvalue weighted by molar-refractivity contribution is -0.118. The van der Waals surface area contributed by atoms with E-state index < -0.39 is 0 Å². The first-order valence-corrected chi connectivity index (χ1v) is 11.0. The molecule has 0 aliphatic heterocycles. The summed E-state index contributed by atoms with van der Waals surface area (Å²) in [6.45, 7) is 4.45. The van der Waals surface area contributed by atoms with E-state index in [4.69, 9.17) is 11.6 Å². The third kappa shape index (κ3) is 4.65. The number of aryl methyl sites for hydroxylation is 2. The molecule has 2 heterocycles. The van der Waals surface area contributed by atoms with Gasteiger partial charge in [0.15, 0.2) is 5.16 Å². The van der Waals surface area contributed by atoms with E-state index in [-0.39, 0.29) is 22.9 Å². The van der Waals surface area contributed by atoms with Crippen LogP contribution in [0.4, 0.5) is 0 Å². The maximum absolute atomic E-state index is 12.9. The molecule has 0 bridgehead atoms. The van der Waals surface area contributed by atoms with E-state index in [0.29, 0.717) is 16.7 Å². The number of thioether (sulfide) groups is 1. The van der Waals surface area contributed by atoms with Gasteiger partial charge in [-0.05, 0) is 54.8 Å². The van der Waals surface area contributed by atoms with Crippen LogP contribution in [0.1, 0.15) is 16.7 Å². The maximum Gasteiger partial charge on any atom is 0.300 e. The first-order valence-electron chi connectivity index (χ1n) is 9.60. The molecule has 2 aromatic heterocycles. The smallest absolute Gasteiger partial charge is 0.300 e. The Morgan fingerprint density at radius 2 is 1.84 bits per heavy atom. The monoisotopic (exact) mass is 453 g/mol. The van der Waals surface area contributed by atoms with Crippen LogP contribution in [0.2, 0.25) is 5.02 Å². The molecule has 0 aliphatic carbocycles. The molecule has 0 fully saturated rings. The Morgan fingerprint density at radius 1 is 1.06 bits per heavy atom. The average molecular weight is 454 g/mol. The number of carbonyl (C=O) groups is 1. The first-order chi connectivity index (χ1) is 14.9. The lowest BCUT2D eigenvalue weighted by Crippen LogP contribution is -2.24. The first kappa shape index (κ1) is 21.1. The number of amides is 1. The summed E-state index contributed by atoms with van der Waals surface area (Å²) in [5.41, 5.74) is 3.94. The van der Waals surface area contributed by atoms with E-state index in [9.17, 15) is 9.59 Å². The second-order valence-electron chi connectivity index (χ2n) is 7.11. The Labute approximate surface area is 188 Å². The van der Waals surface area contributed by atoms with Gasteiger partial charge in [0.1, 0.15) is 0 Å². The van der Waals surface area contributed by atoms with Crippen molar-refractivity contribution in [1.29, 1.82) is 0 Å². The Kier molecular flexibility index (Phi) is 6.11. The number of rotatable bonds is 6. The second-order valence-corrected chi connectivity index (χ2v) is 8.49. The molecule has 0 saturated heterocycles. The molecule has 4 rings (SSSR count). The summed E-state index contributed by atoms with van der Waals surface area (Å²) >= 11 is 7.09. The van der Waals surface area contributed by atoms with Gasteiger partial charge in [-0.1, -0.05) is 41.6 Å². The number of hydrogen-bond donors (Lipinski definition) is 1. The van der Waals surface area contributed by atoms with Crippen LogP contribution in [-0.2, 0) is 11.3 Å². The highest BCUT2D eigenvalue weighted by Crippen LogP contribution is 2.17. The Balaban J connectivity index is 1.46. The summed E-state index contributed by atoms with van der Waals surface area (Å²) in [5.74, 6) is 0.0226. The molecular formula is C22H20ClN5O2S. The topological polar surface area (TPSA) is 81.3 Å². The molecule has 31 heavy (non-hydrogen) atoms. The van der Waals surface area contributed by atoms with Gasteiger partial charge in [-0.3, -0.25) is 18.6 Å². The molecule has 0 unspecified atom stereocenters. The molecule has 7 nitrogen and oxygen atoms in total. The third-order valence-electron chi connectivity index (χ3n) is 4.94. The summed E-state index contributed by atoms with van der Waals surface area (Å²) in [4.78, 5) is 25.1. The van der Waals surface area contributed by atoms with Crippen molar-refractivity contribution in [3.8, 4) is 5.69 Å². The number of nitrogens with one attached hydrogen (secondary N) is 1. The largest absolute Gasteiger partial charge is 0.351 e. The number of carbonyl (C=O) groups excluding carboxylic acids is 1. The van der Waals surface area contributed by atoms with Crippen LogP contribution in [0.15, 0.2) is 64.8 Å². The fourth-order valence-corrected chi connectivity index (χ4v) is 3.90. The number of nitrogens with zero attached hydrogens (tertiary/aromatic N) is 4. The van der Waals surface area contributed by atoms with Crippen molar-refractivity contribution in [2.75, 3.05) is 5.75 Å². The number of fused-ring (bicyclic) bond motifs is 1. The van der Waals surface area contributed by atoms with Crippen molar-refractivity contribution >= 4 is 34.9 Å². The van der Waals surface area contributed by atoms with Gasteiger partial charge in [0.2, 0.25) is 11.6 Å². The summed E-state index contributed by atoms with van der Waals surface area (Å²) < 4.78 is 3.15. The SMILES string of the molecule is Cc1ccc(-n2ccn3c(SCC(=O)NCc4ccc(Cl)cc4)nnc3c2=O)cc1C. The standard InChI is InChI=1S/C22H20ClN5O2S/c1-14-3-8-18(11-15(14)2)27-9-10-28-20(21(27)30)25-26-22(28)31-13-19(29)24-12-16-4-6-17(23)7-5-16/h3-11H,12-13H2,1-2H3,(H,24,29). The molecule has 0 atom stereocenters. The van der Waals surface area contributed by atoms with Crippen LogP contribution in [0, 0.1) is 13.8 Å². The van der Waals surface area contributed by atoms with Gasteiger partial charge in [0, 0.05) is 29.6 Å². The predicted molar refractivity (Wildman–Crippen MR) is 122 cm³/mol. The molecule has 1 amide bonds. The van der Waals surface area contributed by atoms with Gasteiger partial charge in [-0.15, -0.1) is 10.2 Å². The van der Waals surface area contributed by atoms with Crippen LogP contribution in [-0.4, -0.2) is 30.8 Å². The van der Waals surface area contributed by atoms with E-state index in [1.807, 2.05) is 44.2 Å². The zero-order valence-electron chi connectivity index (χ0n) is 17.0. The van der Waals surface area contributed by atoms with E-state index in [2.05, 4.69) is 15.5 Å². The van der Waals surface area contributed by atoms with E-state index in [1.165, 1.54) is 11.8 Å². The molecule has 0 saturated carbocycles. The molecule has 0 aliphatic rings. The highest BCUT2D eigenvalue weighted by Gasteiger charge is 2.14. The van der Waals surface area contributed by atoms with E-state index in [0.717, 1.165) is 22.4 Å². The zero-order chi connectivity index (χ0) is 22.0. The quantitative estimate of drug-likeness (QED) is 0.451. The lowest BCUT2D eigenvalue weighted by atomic mass is 10.1. The highest BCUT2D eigenvalue weighted by molar-refractivity contribution is 7.99. The van der Waals surface area contributed by atoms with Crippen LogP contribution in [0.25, 0.3) is 11.3 Å². The Bertz CT molecular complexity index is 1310. The average Bonchev–Trinajstić information content (AvgIpc) is 3.18. The van der Waals surface area contributed by atoms with Crippen LogP contribution < -0.4 is 10.9 Å².